The van der Waals surface area contributed by atoms with Crippen molar-refractivity contribution in [2.45, 2.75) is 20.8 Å². The normalized spacial score (nSPS) is 10.3. The van der Waals surface area contributed by atoms with E-state index in [1.807, 2.05) is 6.92 Å². The maximum absolute atomic E-state index is 10.9. The summed E-state index contributed by atoms with van der Waals surface area (Å²) in [5.41, 5.74) is 1.99. The first-order chi connectivity index (χ1) is 6.37. The average molecular weight is 259 g/mol. The molecule has 0 radical (unpaired) electrons. The fraction of sp³-hybridized carbons (Fsp3) is 0.300. The van der Waals surface area contributed by atoms with Crippen LogP contribution in [0, 0.1) is 20.8 Å². The van der Waals surface area contributed by atoms with Gasteiger partial charge in [0.15, 0.2) is 0 Å². The van der Waals surface area contributed by atoms with Crippen molar-refractivity contribution in [1.29, 1.82) is 0 Å². The standard InChI is InChI=1S/C10H11BrO3/c1-4-5(2)9(12)7(10(13)14)6(3)8(4)11/h12H,1-3H3,(H,13,14). The van der Waals surface area contributed by atoms with Gasteiger partial charge in [0.25, 0.3) is 0 Å². The van der Waals surface area contributed by atoms with Gasteiger partial charge in [-0.05, 0) is 37.5 Å². The van der Waals surface area contributed by atoms with Gasteiger partial charge in [-0.1, -0.05) is 15.9 Å². The molecule has 0 fully saturated rings. The van der Waals surface area contributed by atoms with E-state index in [2.05, 4.69) is 15.9 Å². The molecular weight excluding hydrogens is 248 g/mol. The van der Waals surface area contributed by atoms with Gasteiger partial charge in [-0.25, -0.2) is 4.79 Å². The highest BCUT2D eigenvalue weighted by Crippen LogP contribution is 2.34. The molecule has 4 heteroatoms. The van der Waals surface area contributed by atoms with Crippen molar-refractivity contribution in [3.05, 3.63) is 26.7 Å². The molecule has 2 N–H and O–H groups in total. The molecule has 1 aromatic rings. The molecule has 1 aromatic carbocycles. The van der Waals surface area contributed by atoms with Crippen molar-refractivity contribution < 1.29 is 15.0 Å². The first-order valence-electron chi connectivity index (χ1n) is 4.09. The van der Waals surface area contributed by atoms with Gasteiger partial charge in [0.1, 0.15) is 11.3 Å². The van der Waals surface area contributed by atoms with Crippen molar-refractivity contribution in [3.8, 4) is 5.75 Å². The molecule has 76 valence electrons. The first kappa shape index (κ1) is 11.0. The van der Waals surface area contributed by atoms with Crippen LogP contribution in [0.2, 0.25) is 0 Å². The highest BCUT2D eigenvalue weighted by Gasteiger charge is 2.19. The molecule has 3 nitrogen and oxygen atoms in total. The Morgan fingerprint density at radius 3 is 2.07 bits per heavy atom. The minimum Gasteiger partial charge on any atom is -0.507 e. The average Bonchev–Trinajstić information content (AvgIpc) is 2.11. The zero-order valence-corrected chi connectivity index (χ0v) is 9.77. The topological polar surface area (TPSA) is 57.5 Å². The van der Waals surface area contributed by atoms with Crippen LogP contribution in [-0.4, -0.2) is 16.2 Å². The van der Waals surface area contributed by atoms with Gasteiger partial charge in [-0.15, -0.1) is 0 Å². The molecule has 0 aliphatic heterocycles. The summed E-state index contributed by atoms with van der Waals surface area (Å²) in [7, 11) is 0. The summed E-state index contributed by atoms with van der Waals surface area (Å²) in [6.07, 6.45) is 0. The number of carboxylic acids is 1. The lowest BCUT2D eigenvalue weighted by Crippen LogP contribution is -2.04. The Morgan fingerprint density at radius 1 is 1.14 bits per heavy atom. The van der Waals surface area contributed by atoms with Gasteiger partial charge in [0.05, 0.1) is 0 Å². The van der Waals surface area contributed by atoms with E-state index in [9.17, 15) is 9.90 Å². The van der Waals surface area contributed by atoms with Gasteiger partial charge in [-0.3, -0.25) is 0 Å². The van der Waals surface area contributed by atoms with E-state index in [1.165, 1.54) is 0 Å². The number of aromatic hydroxyl groups is 1. The second kappa shape index (κ2) is 3.61. The van der Waals surface area contributed by atoms with E-state index in [0.717, 1.165) is 10.0 Å². The third kappa shape index (κ3) is 1.50. The number of hydrogen-bond acceptors (Lipinski definition) is 2. The second-order valence-electron chi connectivity index (χ2n) is 3.22. The molecule has 14 heavy (non-hydrogen) atoms. The number of aromatic carboxylic acids is 1. The highest BCUT2D eigenvalue weighted by atomic mass is 79.9. The Bertz CT molecular complexity index is 381. The molecule has 0 saturated carbocycles. The number of phenols is 1. The fourth-order valence-corrected chi connectivity index (χ4v) is 1.86. The summed E-state index contributed by atoms with van der Waals surface area (Å²) in [6, 6.07) is 0. The van der Waals surface area contributed by atoms with Crippen LogP contribution in [0.25, 0.3) is 0 Å². The van der Waals surface area contributed by atoms with Crippen LogP contribution >= 0.6 is 15.9 Å². The molecule has 0 unspecified atom stereocenters. The molecular formula is C10H11BrO3. The molecule has 0 bridgehead atoms. The number of hydrogen-bond donors (Lipinski definition) is 2. The molecule has 0 atom stereocenters. The minimum atomic E-state index is -1.11. The Hall–Kier alpha value is -1.03. The lowest BCUT2D eigenvalue weighted by Gasteiger charge is -2.12. The first-order valence-corrected chi connectivity index (χ1v) is 4.88. The lowest BCUT2D eigenvalue weighted by atomic mass is 9.99. The second-order valence-corrected chi connectivity index (χ2v) is 4.01. The molecule has 0 spiro atoms. The van der Waals surface area contributed by atoms with E-state index in [0.29, 0.717) is 11.1 Å². The number of carbonyl (C=O) groups is 1. The van der Waals surface area contributed by atoms with Gasteiger partial charge < -0.3 is 10.2 Å². The van der Waals surface area contributed by atoms with E-state index in [4.69, 9.17) is 5.11 Å². The number of rotatable bonds is 1. The summed E-state index contributed by atoms with van der Waals surface area (Å²) in [5, 5.41) is 18.6. The Balaban J connectivity index is 3.68. The highest BCUT2D eigenvalue weighted by molar-refractivity contribution is 9.10. The smallest absolute Gasteiger partial charge is 0.339 e. The van der Waals surface area contributed by atoms with Crippen molar-refractivity contribution >= 4 is 21.9 Å². The van der Waals surface area contributed by atoms with Gasteiger partial charge in [-0.2, -0.15) is 0 Å². The molecule has 1 rings (SSSR count). The van der Waals surface area contributed by atoms with E-state index in [-0.39, 0.29) is 11.3 Å². The molecule has 0 aliphatic carbocycles. The molecule has 0 saturated heterocycles. The SMILES string of the molecule is Cc1c(C)c(Br)c(C)c(C(=O)O)c1O. The number of carboxylic acid groups (broad SMARTS) is 1. The third-order valence-corrected chi connectivity index (χ3v) is 3.59. The molecule has 0 heterocycles. The summed E-state index contributed by atoms with van der Waals surface area (Å²) in [6.45, 7) is 5.19. The van der Waals surface area contributed by atoms with Gasteiger partial charge in [0.2, 0.25) is 0 Å². The Labute approximate surface area is 90.5 Å². The predicted octanol–water partition coefficient (Wildman–Crippen LogP) is 2.78. The van der Waals surface area contributed by atoms with E-state index >= 15 is 0 Å². The summed E-state index contributed by atoms with van der Waals surface area (Å²) in [5.74, 6) is -1.25. The van der Waals surface area contributed by atoms with Crippen LogP contribution < -0.4 is 0 Å². The lowest BCUT2D eigenvalue weighted by molar-refractivity contribution is 0.0692. The number of benzene rings is 1. The van der Waals surface area contributed by atoms with Gasteiger partial charge in [0, 0.05) is 4.47 Å². The van der Waals surface area contributed by atoms with Crippen LogP contribution in [0.15, 0.2) is 4.47 Å². The molecule has 0 aliphatic rings. The fourth-order valence-electron chi connectivity index (χ4n) is 1.36. The van der Waals surface area contributed by atoms with Crippen LogP contribution in [0.3, 0.4) is 0 Å². The van der Waals surface area contributed by atoms with Crippen molar-refractivity contribution in [3.63, 3.8) is 0 Å². The van der Waals surface area contributed by atoms with Crippen LogP contribution in [0.5, 0.6) is 5.75 Å². The maximum atomic E-state index is 10.9. The number of halogens is 1. The zero-order chi connectivity index (χ0) is 11.0. The largest absolute Gasteiger partial charge is 0.507 e. The van der Waals surface area contributed by atoms with Crippen LogP contribution in [0.1, 0.15) is 27.0 Å². The molecule has 0 aromatic heterocycles. The Kier molecular flexibility index (Phi) is 2.85. The van der Waals surface area contributed by atoms with Crippen molar-refractivity contribution in [2.75, 3.05) is 0 Å². The van der Waals surface area contributed by atoms with Gasteiger partial charge >= 0.3 is 5.97 Å². The van der Waals surface area contributed by atoms with Crippen LogP contribution in [-0.2, 0) is 0 Å². The minimum absolute atomic E-state index is 0.0278. The monoisotopic (exact) mass is 258 g/mol. The molecule has 0 amide bonds. The van der Waals surface area contributed by atoms with E-state index < -0.39 is 5.97 Å². The van der Waals surface area contributed by atoms with Crippen LogP contribution in [0.4, 0.5) is 0 Å². The maximum Gasteiger partial charge on any atom is 0.339 e. The Morgan fingerprint density at radius 2 is 1.64 bits per heavy atom. The van der Waals surface area contributed by atoms with E-state index in [1.54, 1.807) is 13.8 Å². The van der Waals surface area contributed by atoms with Crippen molar-refractivity contribution in [1.82, 2.24) is 0 Å². The third-order valence-electron chi connectivity index (χ3n) is 2.40. The predicted molar refractivity (Wildman–Crippen MR) is 57.0 cm³/mol. The summed E-state index contributed by atoms with van der Waals surface area (Å²) >= 11 is 3.31. The van der Waals surface area contributed by atoms with Crippen molar-refractivity contribution in [2.24, 2.45) is 0 Å². The zero-order valence-electron chi connectivity index (χ0n) is 8.18. The quantitative estimate of drug-likeness (QED) is 0.815. The summed E-state index contributed by atoms with van der Waals surface area (Å²) < 4.78 is 0.741. The summed E-state index contributed by atoms with van der Waals surface area (Å²) in [4.78, 5) is 10.9.